The van der Waals surface area contributed by atoms with E-state index in [0.29, 0.717) is 17.8 Å². The predicted octanol–water partition coefficient (Wildman–Crippen LogP) is 2.35. The first-order chi connectivity index (χ1) is 11.9. The van der Waals surface area contributed by atoms with E-state index in [1.807, 2.05) is 12.1 Å². The van der Waals surface area contributed by atoms with Crippen molar-refractivity contribution in [2.45, 2.75) is 44.0 Å². The number of hydrogen-bond acceptors (Lipinski definition) is 3. The highest BCUT2D eigenvalue weighted by Crippen LogP contribution is 2.32. The van der Waals surface area contributed by atoms with Crippen molar-refractivity contribution in [3.63, 3.8) is 0 Å². The first kappa shape index (κ1) is 16.4. The third-order valence-corrected chi connectivity index (χ3v) is 6.96. The Bertz CT molecular complexity index is 1040. The van der Waals surface area contributed by atoms with Gasteiger partial charge in [0.1, 0.15) is 4.90 Å². The number of aromatic amines is 1. The molecule has 3 aromatic rings. The minimum absolute atomic E-state index is 0.1000. The van der Waals surface area contributed by atoms with Crippen LogP contribution in [-0.4, -0.2) is 29.2 Å². The molecule has 25 heavy (non-hydrogen) atoms. The van der Waals surface area contributed by atoms with E-state index < -0.39 is 10.0 Å². The van der Waals surface area contributed by atoms with Gasteiger partial charge in [-0.05, 0) is 44.7 Å². The van der Waals surface area contributed by atoms with Crippen LogP contribution in [0, 0.1) is 13.8 Å². The van der Waals surface area contributed by atoms with Crippen LogP contribution >= 0.6 is 0 Å². The monoisotopic (exact) mass is 358 g/mol. The molecule has 0 spiro atoms. The van der Waals surface area contributed by atoms with Gasteiger partial charge in [0, 0.05) is 29.7 Å². The lowest BCUT2D eigenvalue weighted by Gasteiger charge is -2.24. The summed E-state index contributed by atoms with van der Waals surface area (Å²) < 4.78 is 30.7. The zero-order valence-corrected chi connectivity index (χ0v) is 15.4. The lowest BCUT2D eigenvalue weighted by Crippen LogP contribution is -2.39. The molecule has 2 heterocycles. The van der Waals surface area contributed by atoms with Gasteiger partial charge in [0.05, 0.1) is 11.4 Å². The zero-order valence-electron chi connectivity index (χ0n) is 14.6. The molecule has 0 amide bonds. The van der Waals surface area contributed by atoms with Gasteiger partial charge in [-0.1, -0.05) is 18.2 Å². The summed E-state index contributed by atoms with van der Waals surface area (Å²) in [7, 11) is -1.49. The summed E-state index contributed by atoms with van der Waals surface area (Å²) in [5.74, 6) is 0. The van der Waals surface area contributed by atoms with E-state index in [9.17, 15) is 8.42 Å². The molecule has 1 aliphatic carbocycles. The normalized spacial score (nSPS) is 17.8. The molecule has 1 unspecified atom stereocenters. The van der Waals surface area contributed by atoms with Gasteiger partial charge < -0.3 is 4.57 Å². The number of hydrogen-bond donors (Lipinski definition) is 2. The van der Waals surface area contributed by atoms with E-state index in [1.165, 1.54) is 22.2 Å². The van der Waals surface area contributed by atoms with Crippen LogP contribution in [0.1, 0.15) is 29.1 Å². The lowest BCUT2D eigenvalue weighted by atomic mass is 9.92. The third kappa shape index (κ3) is 2.58. The van der Waals surface area contributed by atoms with E-state index in [0.717, 1.165) is 12.8 Å². The molecule has 0 bridgehead atoms. The Morgan fingerprint density at radius 2 is 2.04 bits per heavy atom. The lowest BCUT2D eigenvalue weighted by molar-refractivity contribution is 0.501. The summed E-state index contributed by atoms with van der Waals surface area (Å²) in [4.78, 5) is 0.274. The van der Waals surface area contributed by atoms with Gasteiger partial charge in [0.2, 0.25) is 10.0 Å². The Morgan fingerprint density at radius 3 is 2.76 bits per heavy atom. The van der Waals surface area contributed by atoms with Crippen LogP contribution in [-0.2, 0) is 29.9 Å². The Hall–Kier alpha value is -2.12. The minimum atomic E-state index is -3.58. The van der Waals surface area contributed by atoms with Crippen LogP contribution in [0.2, 0.25) is 0 Å². The number of rotatable bonds is 3. The maximum Gasteiger partial charge on any atom is 0.244 e. The first-order valence-corrected chi connectivity index (χ1v) is 9.96. The topological polar surface area (TPSA) is 79.8 Å². The predicted molar refractivity (Wildman–Crippen MR) is 97.1 cm³/mol. The fraction of sp³-hybridized carbons (Fsp3) is 0.389. The van der Waals surface area contributed by atoms with Crippen molar-refractivity contribution in [3.05, 3.63) is 46.9 Å². The number of sulfonamides is 1. The zero-order chi connectivity index (χ0) is 17.8. The van der Waals surface area contributed by atoms with Gasteiger partial charge >= 0.3 is 0 Å². The molecule has 1 atom stereocenters. The summed E-state index contributed by atoms with van der Waals surface area (Å²) >= 11 is 0. The third-order valence-electron chi connectivity index (χ3n) is 5.17. The van der Waals surface area contributed by atoms with Crippen molar-refractivity contribution in [2.75, 3.05) is 0 Å². The summed E-state index contributed by atoms with van der Waals surface area (Å²) in [5.41, 5.74) is 4.86. The van der Waals surface area contributed by atoms with Crippen LogP contribution < -0.4 is 4.72 Å². The molecule has 0 radical (unpaired) electrons. The SMILES string of the molecule is Cc1n[nH]c(C)c1S(=O)(=O)NC1CCc2c(c3ccccc3n2C)C1. The average Bonchev–Trinajstić information content (AvgIpc) is 3.06. The number of para-hydroxylation sites is 1. The van der Waals surface area contributed by atoms with Gasteiger partial charge in [-0.15, -0.1) is 0 Å². The van der Waals surface area contributed by atoms with Gasteiger partial charge in [-0.3, -0.25) is 5.10 Å². The standard InChI is InChI=1S/C18H22N4O2S/c1-11-18(12(2)20-19-11)25(23,24)21-13-8-9-17-15(10-13)14-6-4-5-7-16(14)22(17)3/h4-7,13,21H,8-10H2,1-3H3,(H,19,20). The van der Waals surface area contributed by atoms with E-state index in [2.05, 4.69) is 38.7 Å². The molecular formula is C18H22N4O2S. The van der Waals surface area contributed by atoms with Crippen LogP contribution in [0.4, 0.5) is 0 Å². The second kappa shape index (κ2) is 5.71. The summed E-state index contributed by atoms with van der Waals surface area (Å²) in [5, 5.41) is 7.98. The van der Waals surface area contributed by atoms with Crippen molar-refractivity contribution in [1.82, 2.24) is 19.5 Å². The minimum Gasteiger partial charge on any atom is -0.347 e. The summed E-state index contributed by atoms with van der Waals surface area (Å²) in [6.45, 7) is 3.44. The Kier molecular flexibility index (Phi) is 3.73. The van der Waals surface area contributed by atoms with E-state index in [-0.39, 0.29) is 10.9 Å². The molecular weight excluding hydrogens is 336 g/mol. The largest absolute Gasteiger partial charge is 0.347 e. The molecule has 1 aromatic carbocycles. The molecule has 7 heteroatoms. The van der Waals surface area contributed by atoms with Crippen molar-refractivity contribution in [2.24, 2.45) is 7.05 Å². The first-order valence-electron chi connectivity index (χ1n) is 8.47. The van der Waals surface area contributed by atoms with Gasteiger partial charge in [0.25, 0.3) is 0 Å². The Labute approximate surface area is 147 Å². The highest BCUT2D eigenvalue weighted by molar-refractivity contribution is 7.89. The quantitative estimate of drug-likeness (QED) is 0.754. The number of benzene rings is 1. The molecule has 4 rings (SSSR count). The maximum absolute atomic E-state index is 12.8. The molecule has 0 aliphatic heterocycles. The molecule has 2 aromatic heterocycles. The Balaban J connectivity index is 1.66. The fourth-order valence-electron chi connectivity index (χ4n) is 4.05. The number of fused-ring (bicyclic) bond motifs is 3. The van der Waals surface area contributed by atoms with Gasteiger partial charge in [-0.25, -0.2) is 13.1 Å². The Morgan fingerprint density at radius 1 is 1.28 bits per heavy atom. The van der Waals surface area contributed by atoms with Crippen LogP contribution in [0.5, 0.6) is 0 Å². The molecule has 2 N–H and O–H groups in total. The smallest absolute Gasteiger partial charge is 0.244 e. The number of aromatic nitrogens is 3. The number of nitrogens with zero attached hydrogens (tertiary/aromatic N) is 2. The fourth-order valence-corrected chi connectivity index (χ4v) is 5.69. The van der Waals surface area contributed by atoms with Crippen LogP contribution in [0.3, 0.4) is 0 Å². The van der Waals surface area contributed by atoms with Crippen LogP contribution in [0.25, 0.3) is 10.9 Å². The second-order valence-electron chi connectivity index (χ2n) is 6.83. The molecule has 0 saturated heterocycles. The van der Waals surface area contributed by atoms with Crippen molar-refractivity contribution < 1.29 is 8.42 Å². The van der Waals surface area contributed by atoms with Crippen molar-refractivity contribution >= 4 is 20.9 Å². The van der Waals surface area contributed by atoms with Crippen molar-refractivity contribution in [1.29, 1.82) is 0 Å². The molecule has 0 saturated carbocycles. The molecule has 6 nitrogen and oxygen atoms in total. The van der Waals surface area contributed by atoms with Crippen molar-refractivity contribution in [3.8, 4) is 0 Å². The van der Waals surface area contributed by atoms with E-state index in [4.69, 9.17) is 0 Å². The number of H-pyrrole nitrogens is 1. The van der Waals surface area contributed by atoms with Crippen LogP contribution in [0.15, 0.2) is 29.2 Å². The number of nitrogens with one attached hydrogen (secondary N) is 2. The highest BCUT2D eigenvalue weighted by Gasteiger charge is 2.30. The van der Waals surface area contributed by atoms with Gasteiger partial charge in [0.15, 0.2) is 0 Å². The van der Waals surface area contributed by atoms with E-state index >= 15 is 0 Å². The average molecular weight is 358 g/mol. The van der Waals surface area contributed by atoms with E-state index in [1.54, 1.807) is 13.8 Å². The second-order valence-corrected chi connectivity index (χ2v) is 8.48. The summed E-state index contributed by atoms with van der Waals surface area (Å²) in [6.07, 6.45) is 2.38. The molecule has 132 valence electrons. The number of aryl methyl sites for hydroxylation is 3. The summed E-state index contributed by atoms with van der Waals surface area (Å²) in [6, 6.07) is 8.21. The highest BCUT2D eigenvalue weighted by atomic mass is 32.2. The van der Waals surface area contributed by atoms with Gasteiger partial charge in [-0.2, -0.15) is 5.10 Å². The molecule has 0 fully saturated rings. The maximum atomic E-state index is 12.8. The molecule has 1 aliphatic rings.